The van der Waals surface area contributed by atoms with E-state index < -0.39 is 0 Å². The minimum atomic E-state index is 0.316. The maximum absolute atomic E-state index is 7.51. The van der Waals surface area contributed by atoms with Crippen molar-refractivity contribution in [1.82, 2.24) is 0 Å². The highest BCUT2D eigenvalue weighted by Crippen LogP contribution is 2.20. The fourth-order valence-electron chi connectivity index (χ4n) is 1.31. The van der Waals surface area contributed by atoms with Gasteiger partial charge in [-0.1, -0.05) is 0 Å². The highest BCUT2D eigenvalue weighted by atomic mass is 16.5. The summed E-state index contributed by atoms with van der Waals surface area (Å²) in [4.78, 5) is 3.91. The van der Waals surface area contributed by atoms with Gasteiger partial charge in [0, 0.05) is 17.3 Å². The molecule has 13 heavy (non-hydrogen) atoms. The lowest BCUT2D eigenvalue weighted by atomic mass is 10.1. The van der Waals surface area contributed by atoms with Crippen molar-refractivity contribution >= 4 is 12.1 Å². The van der Waals surface area contributed by atoms with Crippen LogP contribution in [0.5, 0.6) is 5.75 Å². The van der Waals surface area contributed by atoms with Gasteiger partial charge in [0.25, 0.3) is 0 Å². The lowest BCUT2D eigenvalue weighted by Gasteiger charge is -2.04. The molecule has 3 heteroatoms. The second-order valence-electron chi connectivity index (χ2n) is 2.79. The standard InChI is InChI=1S/C10H10N2O/c1-2-13-8-4-3-7-6-12-10(11)9(7)5-8/h3-6,11H,2H2,1H3. The van der Waals surface area contributed by atoms with Gasteiger partial charge in [0.15, 0.2) is 5.84 Å². The number of aliphatic imine (C=N–C) groups is 1. The highest BCUT2D eigenvalue weighted by molar-refractivity contribution is 6.14. The van der Waals surface area contributed by atoms with Crippen molar-refractivity contribution in [2.45, 2.75) is 6.92 Å². The second-order valence-corrected chi connectivity index (χ2v) is 2.79. The summed E-state index contributed by atoms with van der Waals surface area (Å²) in [6, 6.07) is 5.67. The van der Waals surface area contributed by atoms with Crippen LogP contribution in [-0.2, 0) is 0 Å². The third-order valence-electron chi connectivity index (χ3n) is 1.92. The molecule has 0 aliphatic carbocycles. The van der Waals surface area contributed by atoms with E-state index in [2.05, 4.69) is 4.99 Å². The summed E-state index contributed by atoms with van der Waals surface area (Å²) in [7, 11) is 0. The van der Waals surface area contributed by atoms with Crippen LogP contribution in [0.2, 0.25) is 0 Å². The van der Waals surface area contributed by atoms with E-state index in [1.54, 1.807) is 6.21 Å². The lowest BCUT2D eigenvalue weighted by molar-refractivity contribution is 0.340. The maximum Gasteiger partial charge on any atom is 0.152 e. The van der Waals surface area contributed by atoms with Crippen LogP contribution < -0.4 is 4.74 Å². The van der Waals surface area contributed by atoms with Crippen molar-refractivity contribution in [2.24, 2.45) is 4.99 Å². The van der Waals surface area contributed by atoms with E-state index in [1.807, 2.05) is 25.1 Å². The first-order chi connectivity index (χ1) is 6.31. The molecule has 0 spiro atoms. The monoisotopic (exact) mass is 174 g/mol. The molecule has 0 aromatic heterocycles. The van der Waals surface area contributed by atoms with Gasteiger partial charge in [0.1, 0.15) is 5.75 Å². The molecule has 1 aromatic carbocycles. The molecular weight excluding hydrogens is 164 g/mol. The fourth-order valence-corrected chi connectivity index (χ4v) is 1.31. The van der Waals surface area contributed by atoms with Crippen LogP contribution in [0.25, 0.3) is 0 Å². The van der Waals surface area contributed by atoms with E-state index in [9.17, 15) is 0 Å². The van der Waals surface area contributed by atoms with Gasteiger partial charge in [-0.2, -0.15) is 0 Å². The van der Waals surface area contributed by atoms with Crippen molar-refractivity contribution in [3.05, 3.63) is 29.3 Å². The van der Waals surface area contributed by atoms with Crippen molar-refractivity contribution in [3.8, 4) is 5.75 Å². The van der Waals surface area contributed by atoms with Crippen LogP contribution in [0.4, 0.5) is 0 Å². The van der Waals surface area contributed by atoms with Gasteiger partial charge in [-0.15, -0.1) is 0 Å². The minimum Gasteiger partial charge on any atom is -0.494 e. The summed E-state index contributed by atoms with van der Waals surface area (Å²) in [5.41, 5.74) is 1.85. The van der Waals surface area contributed by atoms with Crippen molar-refractivity contribution in [3.63, 3.8) is 0 Å². The van der Waals surface area contributed by atoms with Gasteiger partial charge < -0.3 is 4.74 Å². The van der Waals surface area contributed by atoms with E-state index in [-0.39, 0.29) is 0 Å². The molecule has 1 aliphatic heterocycles. The average molecular weight is 174 g/mol. The molecule has 1 aliphatic rings. The topological polar surface area (TPSA) is 45.4 Å². The quantitative estimate of drug-likeness (QED) is 0.730. The first-order valence-electron chi connectivity index (χ1n) is 4.21. The Bertz CT molecular complexity index is 383. The van der Waals surface area contributed by atoms with Crippen LogP contribution in [0.3, 0.4) is 0 Å². The largest absolute Gasteiger partial charge is 0.494 e. The molecule has 0 saturated carbocycles. The van der Waals surface area contributed by atoms with Gasteiger partial charge >= 0.3 is 0 Å². The molecule has 1 aromatic rings. The normalized spacial score (nSPS) is 13.2. The van der Waals surface area contributed by atoms with Gasteiger partial charge in [-0.05, 0) is 25.1 Å². The predicted molar refractivity (Wildman–Crippen MR) is 52.0 cm³/mol. The summed E-state index contributed by atoms with van der Waals surface area (Å²) < 4.78 is 5.33. The van der Waals surface area contributed by atoms with Crippen LogP contribution >= 0.6 is 0 Å². The van der Waals surface area contributed by atoms with Gasteiger partial charge in [0.05, 0.1) is 6.61 Å². The van der Waals surface area contributed by atoms with E-state index in [4.69, 9.17) is 10.1 Å². The Balaban J connectivity index is 2.39. The molecule has 0 fully saturated rings. The van der Waals surface area contributed by atoms with Crippen molar-refractivity contribution < 1.29 is 4.74 Å². The van der Waals surface area contributed by atoms with Crippen molar-refractivity contribution in [1.29, 1.82) is 5.41 Å². The molecule has 0 amide bonds. The number of rotatable bonds is 2. The maximum atomic E-state index is 7.51. The van der Waals surface area contributed by atoms with Gasteiger partial charge in [-0.25, -0.2) is 4.99 Å². The summed E-state index contributed by atoms with van der Waals surface area (Å²) in [6.07, 6.45) is 1.70. The second kappa shape index (κ2) is 3.01. The molecule has 0 unspecified atom stereocenters. The lowest BCUT2D eigenvalue weighted by Crippen LogP contribution is -1.96. The van der Waals surface area contributed by atoms with E-state index >= 15 is 0 Å². The molecule has 1 N–H and O–H groups in total. The summed E-state index contributed by atoms with van der Waals surface area (Å²) in [5.74, 6) is 1.12. The molecule has 66 valence electrons. The number of nitrogens with one attached hydrogen (secondary N) is 1. The number of hydrogen-bond donors (Lipinski definition) is 1. The Hall–Kier alpha value is -1.64. The van der Waals surface area contributed by atoms with Crippen LogP contribution in [-0.4, -0.2) is 18.7 Å². The first-order valence-corrected chi connectivity index (χ1v) is 4.21. The molecule has 3 nitrogen and oxygen atoms in total. The van der Waals surface area contributed by atoms with E-state index in [1.165, 1.54) is 0 Å². The summed E-state index contributed by atoms with van der Waals surface area (Å²) >= 11 is 0. The Morgan fingerprint density at radius 1 is 1.46 bits per heavy atom. The Morgan fingerprint density at radius 3 is 3.08 bits per heavy atom. The predicted octanol–water partition coefficient (Wildman–Crippen LogP) is 1.84. The number of hydrogen-bond acceptors (Lipinski definition) is 2. The van der Waals surface area contributed by atoms with Crippen LogP contribution in [0, 0.1) is 5.41 Å². The van der Waals surface area contributed by atoms with Crippen molar-refractivity contribution in [2.75, 3.05) is 6.61 Å². The number of ether oxygens (including phenoxy) is 1. The van der Waals surface area contributed by atoms with Crippen LogP contribution in [0.1, 0.15) is 18.1 Å². The molecule has 0 radical (unpaired) electrons. The number of amidine groups is 1. The van der Waals surface area contributed by atoms with Gasteiger partial charge in [0.2, 0.25) is 0 Å². The zero-order valence-corrected chi connectivity index (χ0v) is 7.37. The minimum absolute atomic E-state index is 0.316. The van der Waals surface area contributed by atoms with Gasteiger partial charge in [-0.3, -0.25) is 5.41 Å². The zero-order chi connectivity index (χ0) is 9.26. The third kappa shape index (κ3) is 1.33. The first kappa shape index (κ1) is 7.98. The van der Waals surface area contributed by atoms with E-state index in [0.717, 1.165) is 16.9 Å². The smallest absolute Gasteiger partial charge is 0.152 e. The Morgan fingerprint density at radius 2 is 2.31 bits per heavy atom. The molecule has 2 rings (SSSR count). The summed E-state index contributed by atoms with van der Waals surface area (Å²) in [6.45, 7) is 2.59. The zero-order valence-electron chi connectivity index (χ0n) is 7.37. The Kier molecular flexibility index (Phi) is 1.85. The third-order valence-corrected chi connectivity index (χ3v) is 1.92. The SMILES string of the molecule is CCOc1ccc2c(c1)C(=N)N=C2. The number of nitrogens with zero attached hydrogens (tertiary/aromatic N) is 1. The molecule has 1 heterocycles. The molecule has 0 atom stereocenters. The van der Waals surface area contributed by atoms with Crippen LogP contribution in [0.15, 0.2) is 23.2 Å². The molecule has 0 bridgehead atoms. The highest BCUT2D eigenvalue weighted by Gasteiger charge is 2.12. The number of fused-ring (bicyclic) bond motifs is 1. The Labute approximate surface area is 76.6 Å². The molecular formula is C10H10N2O. The average Bonchev–Trinajstić information content (AvgIpc) is 2.49. The summed E-state index contributed by atoms with van der Waals surface area (Å²) in [5, 5.41) is 7.51. The molecule has 0 saturated heterocycles. The number of benzene rings is 1. The fraction of sp³-hybridized carbons (Fsp3) is 0.200. The van der Waals surface area contributed by atoms with E-state index in [0.29, 0.717) is 12.4 Å².